The quantitative estimate of drug-likeness (QED) is 0.165. The molecule has 0 spiro atoms. The van der Waals surface area contributed by atoms with Crippen molar-refractivity contribution < 1.29 is 4.39 Å². The van der Waals surface area contributed by atoms with Gasteiger partial charge in [0.25, 0.3) is 0 Å². The summed E-state index contributed by atoms with van der Waals surface area (Å²) in [6.45, 7) is 35.8. The van der Waals surface area contributed by atoms with Gasteiger partial charge in [0.05, 0.1) is 0 Å². The minimum Gasteiger partial charge on any atom is -0.245 e. The van der Waals surface area contributed by atoms with Crippen LogP contribution >= 0.6 is 47.8 Å². The molecule has 0 atom stereocenters. The number of rotatable bonds is 0. The number of pyridine rings is 3. The molecule has 0 N–H and O–H groups in total. The highest BCUT2D eigenvalue weighted by molar-refractivity contribution is 9.11. The predicted molar refractivity (Wildman–Crippen MR) is 221 cm³/mol. The summed E-state index contributed by atoms with van der Waals surface area (Å²) in [5, 5.41) is 0. The van der Waals surface area contributed by atoms with E-state index in [4.69, 9.17) is 0 Å². The van der Waals surface area contributed by atoms with Gasteiger partial charge in [-0.3, -0.25) is 0 Å². The van der Waals surface area contributed by atoms with Crippen LogP contribution in [0.15, 0.2) is 62.3 Å². The molecule has 0 bridgehead atoms. The van der Waals surface area contributed by atoms with Crippen molar-refractivity contribution in [1.29, 1.82) is 0 Å². The average molecular weight is 865 g/mol. The van der Waals surface area contributed by atoms with Gasteiger partial charge in [-0.05, 0) is 145 Å². The van der Waals surface area contributed by atoms with Crippen molar-refractivity contribution in [2.45, 2.75) is 139 Å². The maximum Gasteiger partial charge on any atom is 0.129 e. The highest BCUT2D eigenvalue weighted by atomic mass is 79.9. The maximum atomic E-state index is 13.5. The Balaban J connectivity index is 0.000000327. The van der Waals surface area contributed by atoms with Crippen molar-refractivity contribution >= 4 is 47.8 Å². The van der Waals surface area contributed by atoms with Crippen LogP contribution in [0.2, 0.25) is 0 Å². The van der Waals surface area contributed by atoms with Gasteiger partial charge in [-0.2, -0.15) is 0 Å². The highest BCUT2D eigenvalue weighted by Crippen LogP contribution is 2.28. The van der Waals surface area contributed by atoms with Crippen LogP contribution in [0.3, 0.4) is 0 Å². The Hall–Kier alpha value is -1.96. The lowest BCUT2D eigenvalue weighted by molar-refractivity contribution is 0.518. The molecule has 1 aromatic carbocycles. The van der Waals surface area contributed by atoms with E-state index in [-0.39, 0.29) is 27.5 Å². The summed E-state index contributed by atoms with van der Waals surface area (Å²) in [5.74, 6) is -0.0648. The molecule has 4 aromatic rings. The molecule has 0 saturated carbocycles. The molecule has 3 nitrogen and oxygen atoms in total. The number of hydrogen-bond donors (Lipinski definition) is 0. The smallest absolute Gasteiger partial charge is 0.129 e. The Labute approximate surface area is 323 Å². The first-order valence-electron chi connectivity index (χ1n) is 16.7. The molecule has 0 saturated heterocycles. The van der Waals surface area contributed by atoms with Crippen molar-refractivity contribution in [3.8, 4) is 0 Å². The largest absolute Gasteiger partial charge is 0.245 e. The molecular weight excluding hydrogens is 805 g/mol. The standard InChI is InChI=1S/C11H16BrN.C11H15F.2C10H14BrN/c1-7-6-8(2)10(12)13-9(7)11(3,4)5;1-8-6-5-7-9(10(8)12)11(2,3)4;2*1-7-5-8(10(2,3)4)12-9(11)6-7/h6H,1-5H3;5-7H,1-4H3;2*5-6H,1-4H3. The summed E-state index contributed by atoms with van der Waals surface area (Å²) < 4.78 is 16.3. The van der Waals surface area contributed by atoms with Gasteiger partial charge in [-0.25, -0.2) is 19.3 Å². The molecule has 3 heterocycles. The van der Waals surface area contributed by atoms with E-state index >= 15 is 0 Å². The summed E-state index contributed by atoms with van der Waals surface area (Å²) in [6, 6.07) is 16.0. The zero-order valence-electron chi connectivity index (χ0n) is 33.0. The second-order valence-corrected chi connectivity index (χ2v) is 19.3. The van der Waals surface area contributed by atoms with Crippen LogP contribution < -0.4 is 0 Å². The van der Waals surface area contributed by atoms with E-state index in [1.807, 2.05) is 45.0 Å². The number of aryl methyl sites for hydroxylation is 5. The Morgan fingerprint density at radius 3 is 1.24 bits per heavy atom. The average Bonchev–Trinajstić information content (AvgIpc) is 2.90. The minimum absolute atomic E-state index is 0.0648. The van der Waals surface area contributed by atoms with Gasteiger partial charge in [0.2, 0.25) is 0 Å². The van der Waals surface area contributed by atoms with E-state index in [0.29, 0.717) is 0 Å². The van der Waals surface area contributed by atoms with Gasteiger partial charge in [0.1, 0.15) is 19.6 Å². The predicted octanol–water partition coefficient (Wildman–Crippen LogP) is 14.1. The van der Waals surface area contributed by atoms with Crippen molar-refractivity contribution in [2.24, 2.45) is 0 Å². The minimum atomic E-state index is -0.101. The first kappa shape index (κ1) is 45.1. The van der Waals surface area contributed by atoms with Gasteiger partial charge in [-0.15, -0.1) is 0 Å². The van der Waals surface area contributed by atoms with Crippen LogP contribution in [-0.4, -0.2) is 15.0 Å². The van der Waals surface area contributed by atoms with E-state index < -0.39 is 0 Å². The number of aromatic nitrogens is 3. The molecule has 0 radical (unpaired) electrons. The van der Waals surface area contributed by atoms with E-state index in [1.54, 1.807) is 13.0 Å². The summed E-state index contributed by atoms with van der Waals surface area (Å²) in [6.07, 6.45) is 0. The van der Waals surface area contributed by atoms with E-state index in [9.17, 15) is 4.39 Å². The van der Waals surface area contributed by atoms with Gasteiger partial charge >= 0.3 is 0 Å². The molecule has 0 fully saturated rings. The molecule has 7 heteroatoms. The number of benzene rings is 1. The van der Waals surface area contributed by atoms with E-state index in [0.717, 1.165) is 36.3 Å². The molecule has 270 valence electrons. The lowest BCUT2D eigenvalue weighted by atomic mass is 9.86. The van der Waals surface area contributed by atoms with Crippen molar-refractivity contribution in [3.05, 3.63) is 119 Å². The second kappa shape index (κ2) is 18.0. The number of hydrogen-bond acceptors (Lipinski definition) is 3. The molecule has 4 rings (SSSR count). The fraction of sp³-hybridized carbons (Fsp3) is 0.500. The van der Waals surface area contributed by atoms with Crippen LogP contribution in [0, 0.1) is 40.4 Å². The Kier molecular flexibility index (Phi) is 16.5. The summed E-state index contributed by atoms with van der Waals surface area (Å²) in [4.78, 5) is 13.4. The summed E-state index contributed by atoms with van der Waals surface area (Å²) in [5.41, 5.74) is 10.2. The maximum absolute atomic E-state index is 13.5. The van der Waals surface area contributed by atoms with Gasteiger partial charge < -0.3 is 0 Å². The fourth-order valence-electron chi connectivity index (χ4n) is 4.73. The third-order valence-electron chi connectivity index (χ3n) is 7.47. The highest BCUT2D eigenvalue weighted by Gasteiger charge is 2.20. The lowest BCUT2D eigenvalue weighted by Crippen LogP contribution is -2.16. The van der Waals surface area contributed by atoms with Crippen LogP contribution in [0.25, 0.3) is 0 Å². The molecular formula is C42H59Br3FN3. The van der Waals surface area contributed by atoms with Crippen LogP contribution in [0.5, 0.6) is 0 Å². The SMILES string of the molecule is Cc1cc(Br)nc(C(C)(C)C)c1.Cc1cc(Br)nc(C(C)(C)C)c1.Cc1cc(C)c(C(C)(C)C)nc1Br.Cc1cccc(C(C)(C)C)c1F. The third kappa shape index (κ3) is 15.4. The molecule has 0 aliphatic rings. The van der Waals surface area contributed by atoms with Gasteiger partial charge in [-0.1, -0.05) is 107 Å². The Bertz CT molecular complexity index is 1580. The molecule has 0 aliphatic carbocycles. The van der Waals surface area contributed by atoms with Crippen LogP contribution in [0.4, 0.5) is 4.39 Å². The topological polar surface area (TPSA) is 38.7 Å². The van der Waals surface area contributed by atoms with Crippen molar-refractivity contribution in [3.63, 3.8) is 0 Å². The Morgan fingerprint density at radius 1 is 0.490 bits per heavy atom. The zero-order chi connectivity index (χ0) is 38.3. The lowest BCUT2D eigenvalue weighted by Gasteiger charge is -2.21. The van der Waals surface area contributed by atoms with Crippen LogP contribution in [0.1, 0.15) is 134 Å². The number of nitrogens with zero attached hydrogens (tertiary/aromatic N) is 3. The molecule has 0 amide bonds. The first-order chi connectivity index (χ1) is 22.0. The second-order valence-electron chi connectivity index (χ2n) is 16.9. The summed E-state index contributed by atoms with van der Waals surface area (Å²) in [7, 11) is 0. The van der Waals surface area contributed by atoms with Gasteiger partial charge in [0, 0.05) is 33.3 Å². The first-order valence-corrected chi connectivity index (χ1v) is 19.1. The Morgan fingerprint density at radius 2 is 0.918 bits per heavy atom. The summed E-state index contributed by atoms with van der Waals surface area (Å²) >= 11 is 10.3. The van der Waals surface area contributed by atoms with Crippen molar-refractivity contribution in [2.75, 3.05) is 0 Å². The normalized spacial score (nSPS) is 11.8. The van der Waals surface area contributed by atoms with E-state index in [1.165, 1.54) is 27.9 Å². The molecule has 49 heavy (non-hydrogen) atoms. The van der Waals surface area contributed by atoms with E-state index in [2.05, 4.69) is 171 Å². The number of halogens is 4. The van der Waals surface area contributed by atoms with Crippen LogP contribution in [-0.2, 0) is 21.7 Å². The van der Waals surface area contributed by atoms with Gasteiger partial charge in [0.15, 0.2) is 0 Å². The fourth-order valence-corrected chi connectivity index (χ4v) is 6.13. The monoisotopic (exact) mass is 861 g/mol. The molecule has 0 aliphatic heterocycles. The molecule has 3 aromatic heterocycles. The molecule has 0 unspecified atom stereocenters. The third-order valence-corrected chi connectivity index (χ3v) is 9.08. The zero-order valence-corrected chi connectivity index (χ0v) is 37.7. The van der Waals surface area contributed by atoms with Crippen molar-refractivity contribution in [1.82, 2.24) is 15.0 Å².